The van der Waals surface area contributed by atoms with Crippen molar-refractivity contribution in [1.82, 2.24) is 15.1 Å². The van der Waals surface area contributed by atoms with Gasteiger partial charge in [-0.1, -0.05) is 12.1 Å². The van der Waals surface area contributed by atoms with E-state index in [9.17, 15) is 14.0 Å². The highest BCUT2D eigenvalue weighted by molar-refractivity contribution is 5.91. The minimum Gasteiger partial charge on any atom is -0.340 e. The molecule has 1 aliphatic carbocycles. The highest BCUT2D eigenvalue weighted by atomic mass is 19.1. The summed E-state index contributed by atoms with van der Waals surface area (Å²) in [6, 6.07) is 6.40. The van der Waals surface area contributed by atoms with Crippen LogP contribution in [0.15, 0.2) is 24.3 Å². The first-order valence-electron chi connectivity index (χ1n) is 8.70. The number of urea groups is 1. The van der Waals surface area contributed by atoms with Crippen molar-refractivity contribution >= 4 is 11.9 Å². The largest absolute Gasteiger partial charge is 0.340 e. The lowest BCUT2D eigenvalue weighted by atomic mass is 9.92. The van der Waals surface area contributed by atoms with Gasteiger partial charge in [-0.3, -0.25) is 4.79 Å². The first kappa shape index (κ1) is 15.4. The maximum Gasteiger partial charge on any atom is 0.317 e. The van der Waals surface area contributed by atoms with Gasteiger partial charge >= 0.3 is 6.03 Å². The zero-order valence-electron chi connectivity index (χ0n) is 13.6. The van der Waals surface area contributed by atoms with Crippen LogP contribution in [-0.2, 0) is 10.2 Å². The average molecular weight is 331 g/mol. The van der Waals surface area contributed by atoms with Crippen LogP contribution in [0.3, 0.4) is 0 Å². The summed E-state index contributed by atoms with van der Waals surface area (Å²) in [4.78, 5) is 28.8. The number of amides is 3. The van der Waals surface area contributed by atoms with Crippen LogP contribution < -0.4 is 5.32 Å². The molecule has 0 spiro atoms. The molecular formula is C18H22FN3O2. The van der Waals surface area contributed by atoms with Gasteiger partial charge in [-0.15, -0.1) is 0 Å². The van der Waals surface area contributed by atoms with Crippen LogP contribution in [-0.4, -0.2) is 54.0 Å². The minimum atomic E-state index is -0.469. The van der Waals surface area contributed by atoms with E-state index >= 15 is 0 Å². The molecule has 1 atom stereocenters. The topological polar surface area (TPSA) is 52.7 Å². The molecular weight excluding hydrogens is 309 g/mol. The lowest BCUT2D eigenvalue weighted by Gasteiger charge is -2.38. The van der Waals surface area contributed by atoms with Crippen molar-refractivity contribution in [2.45, 2.75) is 37.1 Å². The first-order chi connectivity index (χ1) is 11.6. The molecule has 3 fully saturated rings. The van der Waals surface area contributed by atoms with E-state index < -0.39 is 5.41 Å². The van der Waals surface area contributed by atoms with Crippen molar-refractivity contribution in [3.63, 3.8) is 0 Å². The lowest BCUT2D eigenvalue weighted by molar-refractivity contribution is -0.135. The average Bonchev–Trinajstić information content (AvgIpc) is 3.30. The number of nitrogens with one attached hydrogen (secondary N) is 1. The van der Waals surface area contributed by atoms with Gasteiger partial charge in [0.15, 0.2) is 0 Å². The van der Waals surface area contributed by atoms with Gasteiger partial charge in [0.25, 0.3) is 0 Å². The SMILES string of the molecule is O=C1NCCN1[C@@H]1CCCN(C(=O)C2(c3ccc(F)cc3)CC2)C1. The van der Waals surface area contributed by atoms with E-state index in [0.29, 0.717) is 19.6 Å². The monoisotopic (exact) mass is 331 g/mol. The Labute approximate surface area is 140 Å². The molecule has 0 radical (unpaired) electrons. The smallest absolute Gasteiger partial charge is 0.317 e. The van der Waals surface area contributed by atoms with E-state index in [0.717, 1.165) is 37.8 Å². The van der Waals surface area contributed by atoms with E-state index in [1.807, 2.05) is 9.80 Å². The molecule has 3 aliphatic rings. The van der Waals surface area contributed by atoms with E-state index in [2.05, 4.69) is 5.32 Å². The van der Waals surface area contributed by atoms with Crippen LogP contribution in [0.1, 0.15) is 31.2 Å². The molecule has 0 aromatic heterocycles. The van der Waals surface area contributed by atoms with Crippen molar-refractivity contribution in [3.05, 3.63) is 35.6 Å². The third-order valence-corrected chi connectivity index (χ3v) is 5.57. The van der Waals surface area contributed by atoms with E-state index in [-0.39, 0.29) is 23.8 Å². The van der Waals surface area contributed by atoms with Gasteiger partial charge in [0, 0.05) is 26.2 Å². The molecule has 1 aromatic carbocycles. The fraction of sp³-hybridized carbons (Fsp3) is 0.556. The summed E-state index contributed by atoms with van der Waals surface area (Å²) in [5.41, 5.74) is 0.443. The van der Waals surface area contributed by atoms with Gasteiger partial charge in [0.1, 0.15) is 5.82 Å². The van der Waals surface area contributed by atoms with E-state index in [4.69, 9.17) is 0 Å². The second-order valence-electron chi connectivity index (χ2n) is 7.06. The number of rotatable bonds is 3. The Morgan fingerprint density at radius 1 is 1.21 bits per heavy atom. The van der Waals surface area contributed by atoms with Gasteiger partial charge in [0.05, 0.1) is 11.5 Å². The number of halogens is 1. The van der Waals surface area contributed by atoms with Crippen LogP contribution in [0.25, 0.3) is 0 Å². The number of piperidine rings is 1. The number of carbonyl (C=O) groups is 2. The van der Waals surface area contributed by atoms with Crippen molar-refractivity contribution in [2.24, 2.45) is 0 Å². The molecule has 24 heavy (non-hydrogen) atoms. The van der Waals surface area contributed by atoms with Crippen molar-refractivity contribution in [1.29, 1.82) is 0 Å². The van der Waals surface area contributed by atoms with Gasteiger partial charge in [-0.25, -0.2) is 9.18 Å². The number of benzene rings is 1. The van der Waals surface area contributed by atoms with Gasteiger partial charge in [-0.2, -0.15) is 0 Å². The van der Waals surface area contributed by atoms with Crippen molar-refractivity contribution < 1.29 is 14.0 Å². The van der Waals surface area contributed by atoms with Crippen LogP contribution in [0.5, 0.6) is 0 Å². The third kappa shape index (κ3) is 2.54. The molecule has 2 aliphatic heterocycles. The summed E-state index contributed by atoms with van der Waals surface area (Å²) in [7, 11) is 0. The van der Waals surface area contributed by atoms with Crippen molar-refractivity contribution in [2.75, 3.05) is 26.2 Å². The summed E-state index contributed by atoms with van der Waals surface area (Å²) in [5, 5.41) is 2.83. The fourth-order valence-electron chi connectivity index (χ4n) is 4.05. The zero-order valence-corrected chi connectivity index (χ0v) is 13.6. The number of carbonyl (C=O) groups excluding carboxylic acids is 2. The minimum absolute atomic E-state index is 0.0195. The molecule has 2 saturated heterocycles. The van der Waals surface area contributed by atoms with Crippen LogP contribution in [0, 0.1) is 5.82 Å². The standard InChI is InChI=1S/C18H22FN3O2/c19-14-5-3-13(4-6-14)18(7-8-18)16(23)21-10-1-2-15(12-21)22-11-9-20-17(22)24/h3-6,15H,1-2,7-12H2,(H,20,24)/t15-/m1/s1. The van der Waals surface area contributed by atoms with Crippen LogP contribution in [0.2, 0.25) is 0 Å². The quantitative estimate of drug-likeness (QED) is 0.919. The summed E-state index contributed by atoms with van der Waals surface area (Å²) >= 11 is 0. The molecule has 5 nitrogen and oxygen atoms in total. The summed E-state index contributed by atoms with van der Waals surface area (Å²) in [6.07, 6.45) is 3.51. The number of nitrogens with zero attached hydrogens (tertiary/aromatic N) is 2. The van der Waals surface area contributed by atoms with E-state index in [1.54, 1.807) is 12.1 Å². The summed E-state index contributed by atoms with van der Waals surface area (Å²) < 4.78 is 13.2. The molecule has 0 bridgehead atoms. The molecule has 128 valence electrons. The highest BCUT2D eigenvalue weighted by Crippen LogP contribution is 2.50. The molecule has 3 amide bonds. The highest BCUT2D eigenvalue weighted by Gasteiger charge is 2.53. The summed E-state index contributed by atoms with van der Waals surface area (Å²) in [6.45, 7) is 2.75. The Morgan fingerprint density at radius 3 is 2.58 bits per heavy atom. The molecule has 0 unspecified atom stereocenters. The second kappa shape index (κ2) is 5.76. The molecule has 1 aromatic rings. The Kier molecular flexibility index (Phi) is 3.70. The molecule has 2 heterocycles. The lowest BCUT2D eigenvalue weighted by Crippen LogP contribution is -2.52. The predicted octanol–water partition coefficient (Wildman–Crippen LogP) is 1.87. The van der Waals surface area contributed by atoms with E-state index in [1.165, 1.54) is 12.1 Å². The van der Waals surface area contributed by atoms with Crippen LogP contribution >= 0.6 is 0 Å². The van der Waals surface area contributed by atoms with Gasteiger partial charge < -0.3 is 15.1 Å². The first-order valence-corrected chi connectivity index (χ1v) is 8.70. The predicted molar refractivity (Wildman–Crippen MR) is 87.0 cm³/mol. The Hall–Kier alpha value is -2.11. The Morgan fingerprint density at radius 2 is 1.96 bits per heavy atom. The van der Waals surface area contributed by atoms with Crippen LogP contribution in [0.4, 0.5) is 9.18 Å². The Balaban J connectivity index is 1.49. The number of hydrogen-bond donors (Lipinski definition) is 1. The Bertz CT molecular complexity index is 657. The molecule has 1 N–H and O–H groups in total. The molecule has 4 rings (SSSR count). The zero-order chi connectivity index (χ0) is 16.7. The third-order valence-electron chi connectivity index (χ3n) is 5.57. The molecule has 1 saturated carbocycles. The van der Waals surface area contributed by atoms with Gasteiger partial charge in [0.2, 0.25) is 5.91 Å². The van der Waals surface area contributed by atoms with Crippen molar-refractivity contribution in [3.8, 4) is 0 Å². The molecule has 6 heteroatoms. The second-order valence-corrected chi connectivity index (χ2v) is 7.06. The fourth-order valence-corrected chi connectivity index (χ4v) is 4.05. The maximum atomic E-state index is 13.2. The maximum absolute atomic E-state index is 13.2. The summed E-state index contributed by atoms with van der Waals surface area (Å²) in [5.74, 6) is -0.140. The van der Waals surface area contributed by atoms with Gasteiger partial charge in [-0.05, 0) is 43.4 Å². The number of hydrogen-bond acceptors (Lipinski definition) is 2. The normalized spacial score (nSPS) is 25.5. The number of likely N-dealkylation sites (tertiary alicyclic amines) is 1.